The largest absolute Gasteiger partial charge is 0.392 e. The Morgan fingerprint density at radius 2 is 1.94 bits per heavy atom. The fraction of sp³-hybridized carbons (Fsp3) is 0.125. The van der Waals surface area contributed by atoms with Crippen molar-refractivity contribution in [2.24, 2.45) is 0 Å². The van der Waals surface area contributed by atoms with Gasteiger partial charge in [-0.3, -0.25) is 0 Å². The molecule has 1 N–H and O–H groups in total. The Morgan fingerprint density at radius 1 is 1.11 bits per heavy atom. The van der Waals surface area contributed by atoms with Gasteiger partial charge in [0.1, 0.15) is 0 Å². The number of benzene rings is 2. The summed E-state index contributed by atoms with van der Waals surface area (Å²) in [5, 5.41) is 14.2. The second kappa shape index (κ2) is 4.56. The number of rotatable bonds is 2. The van der Waals surface area contributed by atoms with E-state index < -0.39 is 0 Å². The van der Waals surface area contributed by atoms with E-state index in [0.717, 1.165) is 16.5 Å². The second-order valence-corrected chi connectivity index (χ2v) is 5.37. The lowest BCUT2D eigenvalue weighted by molar-refractivity contribution is 0.284. The molecule has 90 valence electrons. The minimum Gasteiger partial charge on any atom is -0.392 e. The summed E-state index contributed by atoms with van der Waals surface area (Å²) >= 11 is 1.73. The highest BCUT2D eigenvalue weighted by Crippen LogP contribution is 2.34. The smallest absolute Gasteiger partial charge is 0.0694 e. The lowest BCUT2D eigenvalue weighted by atomic mass is 9.98. The molecule has 0 unspecified atom stereocenters. The first-order valence-corrected chi connectivity index (χ1v) is 6.84. The van der Waals surface area contributed by atoms with Crippen molar-refractivity contribution in [3.8, 4) is 10.4 Å². The van der Waals surface area contributed by atoms with E-state index in [1.807, 2.05) is 12.1 Å². The van der Waals surface area contributed by atoms with Gasteiger partial charge in [-0.05, 0) is 45.8 Å². The molecule has 0 fully saturated rings. The molecule has 0 spiro atoms. The van der Waals surface area contributed by atoms with Gasteiger partial charge in [0.05, 0.1) is 6.61 Å². The van der Waals surface area contributed by atoms with Gasteiger partial charge in [-0.2, -0.15) is 0 Å². The number of aliphatic hydroxyl groups excluding tert-OH is 1. The first kappa shape index (κ1) is 11.5. The van der Waals surface area contributed by atoms with Gasteiger partial charge in [-0.15, -0.1) is 11.3 Å². The molecule has 1 heterocycles. The molecule has 3 aromatic rings. The SMILES string of the molecule is Cc1csc(-c2ccc3ccccc3c2CO)c1. The van der Waals surface area contributed by atoms with E-state index in [-0.39, 0.29) is 6.61 Å². The van der Waals surface area contributed by atoms with Crippen molar-refractivity contribution in [3.63, 3.8) is 0 Å². The molecule has 3 rings (SSSR count). The van der Waals surface area contributed by atoms with Gasteiger partial charge in [0.25, 0.3) is 0 Å². The molecule has 0 saturated heterocycles. The van der Waals surface area contributed by atoms with Crippen LogP contribution in [0, 0.1) is 6.92 Å². The number of aliphatic hydroxyl groups is 1. The lowest BCUT2D eigenvalue weighted by Gasteiger charge is -2.09. The van der Waals surface area contributed by atoms with Crippen LogP contribution in [0.1, 0.15) is 11.1 Å². The maximum Gasteiger partial charge on any atom is 0.0694 e. The molecule has 2 heteroatoms. The van der Waals surface area contributed by atoms with Crippen LogP contribution in [0.15, 0.2) is 47.8 Å². The lowest BCUT2D eigenvalue weighted by Crippen LogP contribution is -1.90. The summed E-state index contributed by atoms with van der Waals surface area (Å²) in [4.78, 5) is 1.22. The molecule has 0 aliphatic rings. The molecular weight excluding hydrogens is 240 g/mol. The van der Waals surface area contributed by atoms with Gasteiger partial charge in [0.15, 0.2) is 0 Å². The summed E-state index contributed by atoms with van der Waals surface area (Å²) in [5.41, 5.74) is 3.44. The van der Waals surface area contributed by atoms with E-state index >= 15 is 0 Å². The Balaban J connectivity index is 2.29. The molecule has 0 saturated carbocycles. The topological polar surface area (TPSA) is 20.2 Å². The Morgan fingerprint density at radius 3 is 2.67 bits per heavy atom. The zero-order valence-electron chi connectivity index (χ0n) is 10.2. The molecular formula is C16H14OS. The first-order valence-electron chi connectivity index (χ1n) is 5.96. The van der Waals surface area contributed by atoms with Crippen molar-refractivity contribution >= 4 is 22.1 Å². The van der Waals surface area contributed by atoms with Crippen LogP contribution < -0.4 is 0 Å². The summed E-state index contributed by atoms with van der Waals surface area (Å²) in [6, 6.07) is 14.6. The normalized spacial score (nSPS) is 11.0. The third-order valence-corrected chi connectivity index (χ3v) is 4.28. The van der Waals surface area contributed by atoms with Crippen LogP contribution in [0.4, 0.5) is 0 Å². The molecule has 2 aromatic carbocycles. The van der Waals surface area contributed by atoms with E-state index in [1.165, 1.54) is 15.8 Å². The summed E-state index contributed by atoms with van der Waals surface area (Å²) in [7, 11) is 0. The third kappa shape index (κ3) is 1.84. The van der Waals surface area contributed by atoms with Gasteiger partial charge < -0.3 is 5.11 Å². The monoisotopic (exact) mass is 254 g/mol. The van der Waals surface area contributed by atoms with Crippen LogP contribution >= 0.6 is 11.3 Å². The van der Waals surface area contributed by atoms with E-state index in [9.17, 15) is 5.11 Å². The summed E-state index contributed by atoms with van der Waals surface area (Å²) < 4.78 is 0. The molecule has 1 nitrogen and oxygen atoms in total. The Bertz CT molecular complexity index is 697. The Kier molecular flexibility index (Phi) is 2.90. The highest BCUT2D eigenvalue weighted by Gasteiger charge is 2.09. The van der Waals surface area contributed by atoms with Crippen LogP contribution in [0.3, 0.4) is 0 Å². The molecule has 0 aliphatic carbocycles. The van der Waals surface area contributed by atoms with E-state index in [2.05, 4.69) is 42.6 Å². The fourth-order valence-electron chi connectivity index (χ4n) is 2.31. The van der Waals surface area contributed by atoms with E-state index in [1.54, 1.807) is 11.3 Å². The fourth-order valence-corrected chi connectivity index (χ4v) is 3.26. The molecule has 0 radical (unpaired) electrons. The summed E-state index contributed by atoms with van der Waals surface area (Å²) in [6.45, 7) is 2.17. The maximum absolute atomic E-state index is 9.69. The van der Waals surface area contributed by atoms with Crippen molar-refractivity contribution in [3.05, 3.63) is 59.0 Å². The minimum atomic E-state index is 0.0770. The van der Waals surface area contributed by atoms with E-state index in [4.69, 9.17) is 0 Å². The number of hydrogen-bond donors (Lipinski definition) is 1. The third-order valence-electron chi connectivity index (χ3n) is 3.19. The number of aryl methyl sites for hydroxylation is 1. The van der Waals surface area contributed by atoms with Gasteiger partial charge >= 0.3 is 0 Å². The second-order valence-electron chi connectivity index (χ2n) is 4.46. The maximum atomic E-state index is 9.69. The van der Waals surface area contributed by atoms with Crippen molar-refractivity contribution in [2.75, 3.05) is 0 Å². The zero-order chi connectivity index (χ0) is 12.5. The van der Waals surface area contributed by atoms with Crippen LogP contribution in [0.25, 0.3) is 21.2 Å². The molecule has 0 atom stereocenters. The number of hydrogen-bond acceptors (Lipinski definition) is 2. The molecule has 18 heavy (non-hydrogen) atoms. The number of thiophene rings is 1. The molecule has 0 bridgehead atoms. The quantitative estimate of drug-likeness (QED) is 0.720. The minimum absolute atomic E-state index is 0.0770. The van der Waals surface area contributed by atoms with Crippen molar-refractivity contribution in [1.82, 2.24) is 0 Å². The Hall–Kier alpha value is -1.64. The van der Waals surface area contributed by atoms with Crippen LogP contribution in [-0.2, 0) is 6.61 Å². The molecule has 0 aliphatic heterocycles. The Labute approximate surface area is 110 Å². The predicted octanol–water partition coefficient (Wildman–Crippen LogP) is 4.37. The highest BCUT2D eigenvalue weighted by molar-refractivity contribution is 7.13. The van der Waals surface area contributed by atoms with Crippen LogP contribution in [-0.4, -0.2) is 5.11 Å². The molecule has 1 aromatic heterocycles. The van der Waals surface area contributed by atoms with E-state index in [0.29, 0.717) is 0 Å². The highest BCUT2D eigenvalue weighted by atomic mass is 32.1. The average molecular weight is 254 g/mol. The number of fused-ring (bicyclic) bond motifs is 1. The van der Waals surface area contributed by atoms with Gasteiger partial charge in [-0.25, -0.2) is 0 Å². The van der Waals surface area contributed by atoms with Crippen LogP contribution in [0.2, 0.25) is 0 Å². The van der Waals surface area contributed by atoms with Gasteiger partial charge in [0.2, 0.25) is 0 Å². The van der Waals surface area contributed by atoms with Crippen LogP contribution in [0.5, 0.6) is 0 Å². The van der Waals surface area contributed by atoms with Gasteiger partial charge in [-0.1, -0.05) is 36.4 Å². The van der Waals surface area contributed by atoms with Crippen molar-refractivity contribution in [1.29, 1.82) is 0 Å². The zero-order valence-corrected chi connectivity index (χ0v) is 11.0. The summed E-state index contributed by atoms with van der Waals surface area (Å²) in [6.07, 6.45) is 0. The average Bonchev–Trinajstić information content (AvgIpc) is 2.84. The first-order chi connectivity index (χ1) is 8.79. The summed E-state index contributed by atoms with van der Waals surface area (Å²) in [5.74, 6) is 0. The predicted molar refractivity (Wildman–Crippen MR) is 77.9 cm³/mol. The molecule has 0 amide bonds. The van der Waals surface area contributed by atoms with Crippen molar-refractivity contribution < 1.29 is 5.11 Å². The van der Waals surface area contributed by atoms with Gasteiger partial charge in [0, 0.05) is 4.88 Å². The van der Waals surface area contributed by atoms with Crippen molar-refractivity contribution in [2.45, 2.75) is 13.5 Å². The standard InChI is InChI=1S/C16H14OS/c1-11-8-16(18-10-11)14-7-6-12-4-2-3-5-13(12)15(14)9-17/h2-8,10,17H,9H2,1H3.